The van der Waals surface area contributed by atoms with Gasteiger partial charge in [-0.25, -0.2) is 4.98 Å². The summed E-state index contributed by atoms with van der Waals surface area (Å²) < 4.78 is 5.21. The number of hydrogen-bond acceptors (Lipinski definition) is 4. The summed E-state index contributed by atoms with van der Waals surface area (Å²) >= 11 is 0. The molecule has 0 aliphatic heterocycles. The number of fused-ring (bicyclic) bond motifs is 1. The highest BCUT2D eigenvalue weighted by molar-refractivity contribution is 6.06. The number of hydrogen-bond donors (Lipinski definition) is 1. The molecule has 1 N–H and O–H groups in total. The summed E-state index contributed by atoms with van der Waals surface area (Å²) in [5.41, 5.74) is 3.17. The van der Waals surface area contributed by atoms with Crippen molar-refractivity contribution >= 4 is 17.0 Å². The van der Waals surface area contributed by atoms with Gasteiger partial charge in [0.25, 0.3) is 11.6 Å². The maximum Gasteiger partial charge on any atom is 0.259 e. The molecule has 0 radical (unpaired) electrons. The van der Waals surface area contributed by atoms with Crippen molar-refractivity contribution in [1.29, 1.82) is 0 Å². The van der Waals surface area contributed by atoms with Gasteiger partial charge in [0.1, 0.15) is 0 Å². The van der Waals surface area contributed by atoms with Gasteiger partial charge in [0.15, 0.2) is 0 Å². The van der Waals surface area contributed by atoms with Gasteiger partial charge in [-0.1, -0.05) is 35.5 Å². The van der Waals surface area contributed by atoms with Crippen LogP contribution in [0.3, 0.4) is 0 Å². The van der Waals surface area contributed by atoms with Crippen molar-refractivity contribution in [2.75, 3.05) is 7.05 Å². The molecule has 20 heavy (non-hydrogen) atoms. The molecule has 3 aromatic rings. The van der Waals surface area contributed by atoms with Crippen LogP contribution in [0.2, 0.25) is 0 Å². The zero-order valence-corrected chi connectivity index (χ0v) is 11.2. The van der Waals surface area contributed by atoms with Crippen LogP contribution in [0.5, 0.6) is 0 Å². The molecule has 3 rings (SSSR count). The summed E-state index contributed by atoms with van der Waals surface area (Å²) in [5, 5.41) is 7.18. The molecule has 5 nitrogen and oxygen atoms in total. The van der Waals surface area contributed by atoms with Crippen LogP contribution in [0.25, 0.3) is 22.4 Å². The number of benzene rings is 1. The number of carbonyl (C=O) groups is 1. The Labute approximate surface area is 115 Å². The van der Waals surface area contributed by atoms with Gasteiger partial charge < -0.3 is 9.84 Å². The van der Waals surface area contributed by atoms with Gasteiger partial charge >= 0.3 is 0 Å². The first-order valence-electron chi connectivity index (χ1n) is 6.25. The normalized spacial score (nSPS) is 10.7. The highest BCUT2D eigenvalue weighted by Crippen LogP contribution is 2.26. The monoisotopic (exact) mass is 267 g/mol. The average Bonchev–Trinajstić information content (AvgIpc) is 2.88. The Bertz CT molecular complexity index is 778. The molecule has 1 amide bonds. The van der Waals surface area contributed by atoms with Gasteiger partial charge in [0, 0.05) is 12.6 Å². The van der Waals surface area contributed by atoms with Gasteiger partial charge in [-0.05, 0) is 13.0 Å². The number of rotatable bonds is 2. The van der Waals surface area contributed by atoms with Crippen LogP contribution in [0.4, 0.5) is 0 Å². The lowest BCUT2D eigenvalue weighted by Gasteiger charge is -2.05. The van der Waals surface area contributed by atoms with Gasteiger partial charge in [0.05, 0.1) is 22.3 Å². The van der Waals surface area contributed by atoms with Crippen molar-refractivity contribution in [3.8, 4) is 11.3 Å². The van der Waals surface area contributed by atoms with E-state index in [1.54, 1.807) is 20.0 Å². The second-order valence-electron chi connectivity index (χ2n) is 4.45. The van der Waals surface area contributed by atoms with Gasteiger partial charge in [-0.2, -0.15) is 0 Å². The standard InChI is InChI=1S/C15H13N3O2/c1-9-13-11(14(19)16-2)8-12(17-15(13)20-18-9)10-6-4-3-5-7-10/h3-8H,1-2H3,(H,16,19). The second kappa shape index (κ2) is 4.77. The fourth-order valence-electron chi connectivity index (χ4n) is 2.17. The zero-order valence-electron chi connectivity index (χ0n) is 11.2. The lowest BCUT2D eigenvalue weighted by Crippen LogP contribution is -2.18. The third kappa shape index (κ3) is 1.93. The topological polar surface area (TPSA) is 68.0 Å². The Morgan fingerprint density at radius 3 is 2.70 bits per heavy atom. The fraction of sp³-hybridized carbons (Fsp3) is 0.133. The van der Waals surface area contributed by atoms with E-state index in [-0.39, 0.29) is 5.91 Å². The molecule has 0 saturated heterocycles. The molecule has 0 bridgehead atoms. The molecule has 2 heterocycles. The number of aromatic nitrogens is 2. The first kappa shape index (κ1) is 12.3. The van der Waals surface area contributed by atoms with Crippen LogP contribution < -0.4 is 5.32 Å². The smallest absolute Gasteiger partial charge is 0.259 e. The Balaban J connectivity index is 2.29. The molecule has 0 aliphatic carbocycles. The maximum atomic E-state index is 12.1. The van der Waals surface area contributed by atoms with Crippen molar-refractivity contribution < 1.29 is 9.32 Å². The minimum atomic E-state index is -0.180. The molecule has 0 spiro atoms. The summed E-state index contributed by atoms with van der Waals surface area (Å²) in [5.74, 6) is -0.180. The van der Waals surface area contributed by atoms with E-state index in [1.807, 2.05) is 30.3 Å². The molecule has 1 aromatic carbocycles. The van der Waals surface area contributed by atoms with E-state index >= 15 is 0 Å². The van der Waals surface area contributed by atoms with E-state index in [0.717, 1.165) is 5.56 Å². The minimum absolute atomic E-state index is 0.180. The minimum Gasteiger partial charge on any atom is -0.355 e. The number of pyridine rings is 1. The van der Waals surface area contributed by atoms with Crippen molar-refractivity contribution in [1.82, 2.24) is 15.5 Å². The Morgan fingerprint density at radius 1 is 1.25 bits per heavy atom. The Morgan fingerprint density at radius 2 is 2.00 bits per heavy atom. The van der Waals surface area contributed by atoms with E-state index in [1.165, 1.54) is 0 Å². The molecule has 0 fully saturated rings. The molecule has 0 aliphatic rings. The number of carbonyl (C=O) groups excluding carboxylic acids is 1. The van der Waals surface area contributed by atoms with Crippen molar-refractivity contribution in [2.24, 2.45) is 0 Å². The summed E-state index contributed by atoms with van der Waals surface area (Å²) in [6, 6.07) is 11.4. The van der Waals surface area contributed by atoms with Crippen LogP contribution in [0.1, 0.15) is 16.1 Å². The molecule has 0 saturated carbocycles. The summed E-state index contributed by atoms with van der Waals surface area (Å²) in [6.07, 6.45) is 0. The zero-order chi connectivity index (χ0) is 14.1. The molecule has 0 atom stereocenters. The lowest BCUT2D eigenvalue weighted by molar-refractivity contribution is 0.0964. The number of amides is 1. The highest BCUT2D eigenvalue weighted by Gasteiger charge is 2.18. The SMILES string of the molecule is CNC(=O)c1cc(-c2ccccc2)nc2onc(C)c12. The molecule has 5 heteroatoms. The summed E-state index contributed by atoms with van der Waals surface area (Å²) in [6.45, 7) is 1.79. The molecular weight excluding hydrogens is 254 g/mol. The highest BCUT2D eigenvalue weighted by atomic mass is 16.5. The Hall–Kier alpha value is -2.69. The van der Waals surface area contributed by atoms with Crippen LogP contribution in [-0.2, 0) is 0 Å². The quantitative estimate of drug-likeness (QED) is 0.774. The lowest BCUT2D eigenvalue weighted by atomic mass is 10.1. The maximum absolute atomic E-state index is 12.1. The third-order valence-corrected chi connectivity index (χ3v) is 3.16. The largest absolute Gasteiger partial charge is 0.355 e. The number of nitrogens with zero attached hydrogens (tertiary/aromatic N) is 2. The predicted molar refractivity (Wildman–Crippen MR) is 75.4 cm³/mol. The molecular formula is C15H13N3O2. The van der Waals surface area contributed by atoms with E-state index in [2.05, 4.69) is 15.5 Å². The van der Waals surface area contributed by atoms with Crippen molar-refractivity contribution in [3.63, 3.8) is 0 Å². The van der Waals surface area contributed by atoms with Crippen LogP contribution in [-0.4, -0.2) is 23.1 Å². The van der Waals surface area contributed by atoms with Gasteiger partial charge in [-0.3, -0.25) is 4.79 Å². The molecule has 0 unspecified atom stereocenters. The third-order valence-electron chi connectivity index (χ3n) is 3.16. The van der Waals surface area contributed by atoms with E-state index < -0.39 is 0 Å². The van der Waals surface area contributed by atoms with E-state index in [9.17, 15) is 4.79 Å². The molecule has 2 aromatic heterocycles. The first-order chi connectivity index (χ1) is 9.70. The van der Waals surface area contributed by atoms with Gasteiger partial charge in [-0.15, -0.1) is 0 Å². The first-order valence-corrected chi connectivity index (χ1v) is 6.25. The van der Waals surface area contributed by atoms with E-state index in [0.29, 0.717) is 28.1 Å². The second-order valence-corrected chi connectivity index (χ2v) is 4.45. The van der Waals surface area contributed by atoms with Gasteiger partial charge in [0.2, 0.25) is 0 Å². The van der Waals surface area contributed by atoms with Crippen LogP contribution in [0, 0.1) is 6.92 Å². The average molecular weight is 267 g/mol. The number of nitrogens with one attached hydrogen (secondary N) is 1. The van der Waals surface area contributed by atoms with Crippen LogP contribution >= 0.6 is 0 Å². The number of aryl methyl sites for hydroxylation is 1. The molecule has 100 valence electrons. The van der Waals surface area contributed by atoms with Crippen molar-refractivity contribution in [3.05, 3.63) is 47.7 Å². The van der Waals surface area contributed by atoms with E-state index in [4.69, 9.17) is 4.52 Å². The summed E-state index contributed by atoms with van der Waals surface area (Å²) in [7, 11) is 1.60. The van der Waals surface area contributed by atoms with Crippen LogP contribution in [0.15, 0.2) is 40.9 Å². The fourth-order valence-corrected chi connectivity index (χ4v) is 2.17. The summed E-state index contributed by atoms with van der Waals surface area (Å²) in [4.78, 5) is 16.5. The predicted octanol–water partition coefficient (Wildman–Crippen LogP) is 2.56. The Kier molecular flexibility index (Phi) is 2.95. The van der Waals surface area contributed by atoms with Crippen molar-refractivity contribution in [2.45, 2.75) is 6.92 Å².